The van der Waals surface area contributed by atoms with E-state index in [4.69, 9.17) is 16.6 Å². The zero-order valence-corrected chi connectivity index (χ0v) is 15.8. The molecule has 1 heterocycles. The highest BCUT2D eigenvalue weighted by Crippen LogP contribution is 2.31. The van der Waals surface area contributed by atoms with Crippen molar-refractivity contribution in [2.75, 3.05) is 0 Å². The molecule has 0 N–H and O–H groups in total. The summed E-state index contributed by atoms with van der Waals surface area (Å²) >= 11 is 6.50. The van der Waals surface area contributed by atoms with Crippen molar-refractivity contribution in [1.29, 1.82) is 0 Å². The first-order valence-corrected chi connectivity index (χ1v) is 9.32. The standard InChI is InChI=1S/C22H25ClN2/c1-4-19(20-13-7-8-14-21(20)23)22(24-18-11-5-6-12-18)25-15-9-10-16(2)17(25)3/h4,7-10,13-15,18H,3,5-6,11-12H2,1-2H3. The van der Waals surface area contributed by atoms with Crippen LogP contribution in [0.2, 0.25) is 5.02 Å². The minimum absolute atomic E-state index is 0.375. The largest absolute Gasteiger partial charge is 0.302 e. The predicted octanol–water partition coefficient (Wildman–Crippen LogP) is 6.37. The molecule has 1 saturated carbocycles. The van der Waals surface area contributed by atoms with Crippen molar-refractivity contribution >= 4 is 23.0 Å². The van der Waals surface area contributed by atoms with Crippen LogP contribution >= 0.6 is 11.6 Å². The van der Waals surface area contributed by atoms with Crippen molar-refractivity contribution in [3.05, 3.63) is 77.1 Å². The highest BCUT2D eigenvalue weighted by atomic mass is 35.5. The van der Waals surface area contributed by atoms with E-state index >= 15 is 0 Å². The third-order valence-electron chi connectivity index (χ3n) is 4.88. The Balaban J connectivity index is 2.07. The van der Waals surface area contributed by atoms with E-state index in [0.717, 1.165) is 46.1 Å². The molecular weight excluding hydrogens is 328 g/mol. The summed E-state index contributed by atoms with van der Waals surface area (Å²) < 4.78 is 0. The maximum Gasteiger partial charge on any atom is 0.140 e. The Labute approximate surface area is 155 Å². The van der Waals surface area contributed by atoms with Crippen LogP contribution < -0.4 is 0 Å². The van der Waals surface area contributed by atoms with Crippen molar-refractivity contribution in [2.45, 2.75) is 45.6 Å². The molecule has 2 nitrogen and oxygen atoms in total. The zero-order valence-electron chi connectivity index (χ0n) is 15.0. The maximum atomic E-state index is 6.50. The Hall–Kier alpha value is -2.06. The second-order valence-corrected chi connectivity index (χ2v) is 6.99. The fourth-order valence-electron chi connectivity index (χ4n) is 3.40. The molecule has 0 radical (unpaired) electrons. The molecule has 3 heteroatoms. The van der Waals surface area contributed by atoms with Crippen molar-refractivity contribution in [1.82, 2.24) is 4.90 Å². The molecule has 0 spiro atoms. The minimum Gasteiger partial charge on any atom is -0.302 e. The summed E-state index contributed by atoms with van der Waals surface area (Å²) in [6.07, 6.45) is 13.1. The van der Waals surface area contributed by atoms with Gasteiger partial charge in [0.2, 0.25) is 0 Å². The second-order valence-electron chi connectivity index (χ2n) is 6.58. The van der Waals surface area contributed by atoms with Crippen LogP contribution in [0.1, 0.15) is 45.1 Å². The van der Waals surface area contributed by atoms with Gasteiger partial charge in [0.25, 0.3) is 0 Å². The van der Waals surface area contributed by atoms with Crippen molar-refractivity contribution in [3.8, 4) is 0 Å². The average molecular weight is 353 g/mol. The van der Waals surface area contributed by atoms with Crippen LogP contribution in [0, 0.1) is 0 Å². The number of rotatable bonds is 3. The first kappa shape index (κ1) is 17.8. The third-order valence-corrected chi connectivity index (χ3v) is 5.21. The van der Waals surface area contributed by atoms with Crippen molar-refractivity contribution in [2.24, 2.45) is 4.99 Å². The van der Waals surface area contributed by atoms with E-state index in [1.807, 2.05) is 37.4 Å². The smallest absolute Gasteiger partial charge is 0.140 e. The molecule has 0 saturated heterocycles. The third kappa shape index (κ3) is 3.80. The minimum atomic E-state index is 0.375. The highest BCUT2D eigenvalue weighted by Gasteiger charge is 2.24. The van der Waals surface area contributed by atoms with E-state index in [2.05, 4.69) is 36.6 Å². The van der Waals surface area contributed by atoms with Gasteiger partial charge in [0.1, 0.15) is 5.84 Å². The van der Waals surface area contributed by atoms with Crippen molar-refractivity contribution in [3.63, 3.8) is 0 Å². The molecule has 1 aromatic rings. The molecule has 0 atom stereocenters. The van der Waals surface area contributed by atoms with Crippen LogP contribution in [0.3, 0.4) is 0 Å². The topological polar surface area (TPSA) is 15.6 Å². The zero-order chi connectivity index (χ0) is 17.8. The normalized spacial score (nSPS) is 19.6. The van der Waals surface area contributed by atoms with E-state index in [-0.39, 0.29) is 0 Å². The van der Waals surface area contributed by atoms with Crippen LogP contribution in [0.5, 0.6) is 0 Å². The summed E-state index contributed by atoms with van der Waals surface area (Å²) in [6, 6.07) is 8.34. The van der Waals surface area contributed by atoms with Gasteiger partial charge in [-0.3, -0.25) is 4.99 Å². The molecule has 1 aliphatic heterocycles. The Morgan fingerprint density at radius 3 is 2.68 bits per heavy atom. The van der Waals surface area contributed by atoms with Crippen LogP contribution in [0.4, 0.5) is 0 Å². The summed E-state index contributed by atoms with van der Waals surface area (Å²) in [5.41, 5.74) is 4.18. The Kier molecular flexibility index (Phi) is 5.60. The van der Waals surface area contributed by atoms with Gasteiger partial charge in [0, 0.05) is 28.1 Å². The molecule has 0 aromatic heterocycles. The van der Waals surface area contributed by atoms with E-state index < -0.39 is 0 Å². The van der Waals surface area contributed by atoms with Gasteiger partial charge in [-0.1, -0.05) is 61.4 Å². The molecule has 2 aliphatic rings. The molecule has 130 valence electrons. The number of amidine groups is 1. The first-order chi connectivity index (χ1) is 12.1. The molecule has 25 heavy (non-hydrogen) atoms. The Morgan fingerprint density at radius 1 is 1.28 bits per heavy atom. The number of aliphatic imine (C=N–C) groups is 1. The van der Waals surface area contributed by atoms with E-state index in [9.17, 15) is 0 Å². The van der Waals surface area contributed by atoms with Gasteiger partial charge in [-0.25, -0.2) is 0 Å². The number of hydrogen-bond acceptors (Lipinski definition) is 1. The molecule has 0 amide bonds. The van der Waals surface area contributed by atoms with E-state index in [1.54, 1.807) is 0 Å². The lowest BCUT2D eigenvalue weighted by molar-refractivity contribution is 0.653. The first-order valence-electron chi connectivity index (χ1n) is 8.94. The molecule has 1 fully saturated rings. The van der Waals surface area contributed by atoms with Crippen LogP contribution in [-0.2, 0) is 0 Å². The number of benzene rings is 1. The summed E-state index contributed by atoms with van der Waals surface area (Å²) in [6.45, 7) is 8.39. The fourth-order valence-corrected chi connectivity index (χ4v) is 3.64. The Bertz CT molecular complexity index is 777. The molecular formula is C22H25ClN2. The maximum absolute atomic E-state index is 6.50. The molecule has 1 aliphatic carbocycles. The average Bonchev–Trinajstić information content (AvgIpc) is 3.12. The number of hydrogen-bond donors (Lipinski definition) is 0. The Morgan fingerprint density at radius 2 is 2.00 bits per heavy atom. The number of nitrogens with zero attached hydrogens (tertiary/aromatic N) is 2. The van der Waals surface area contributed by atoms with Gasteiger partial charge in [-0.05, 0) is 44.4 Å². The SMILES string of the molecule is C=C1C(C)=CC=CN1C(=NC1CCCC1)C(=CC)c1ccccc1Cl. The molecule has 0 bridgehead atoms. The van der Waals surface area contributed by atoms with E-state index in [1.165, 1.54) is 12.8 Å². The number of allylic oxidation sites excluding steroid dienone is 4. The van der Waals surface area contributed by atoms with Gasteiger partial charge in [0.05, 0.1) is 6.04 Å². The lowest BCUT2D eigenvalue weighted by Gasteiger charge is -2.29. The van der Waals surface area contributed by atoms with E-state index in [0.29, 0.717) is 6.04 Å². The second kappa shape index (κ2) is 7.88. The molecule has 1 aromatic carbocycles. The number of halogens is 1. The van der Waals surface area contributed by atoms with Crippen LogP contribution in [0.15, 0.2) is 71.5 Å². The summed E-state index contributed by atoms with van der Waals surface area (Å²) in [4.78, 5) is 7.25. The summed E-state index contributed by atoms with van der Waals surface area (Å²) in [5.74, 6) is 0.941. The monoisotopic (exact) mass is 352 g/mol. The highest BCUT2D eigenvalue weighted by molar-refractivity contribution is 6.35. The van der Waals surface area contributed by atoms with Gasteiger partial charge in [0.15, 0.2) is 0 Å². The molecule has 3 rings (SSSR count). The quantitative estimate of drug-likeness (QED) is 0.455. The van der Waals surface area contributed by atoms with Gasteiger partial charge < -0.3 is 4.90 Å². The lowest BCUT2D eigenvalue weighted by atomic mass is 10.0. The van der Waals surface area contributed by atoms with Crippen LogP contribution in [0.25, 0.3) is 5.57 Å². The van der Waals surface area contributed by atoms with Gasteiger partial charge in [-0.15, -0.1) is 0 Å². The van der Waals surface area contributed by atoms with Crippen molar-refractivity contribution < 1.29 is 0 Å². The lowest BCUT2D eigenvalue weighted by Crippen LogP contribution is -2.29. The van der Waals surface area contributed by atoms with Gasteiger partial charge in [-0.2, -0.15) is 0 Å². The summed E-state index contributed by atoms with van der Waals surface area (Å²) in [5, 5.41) is 0.744. The van der Waals surface area contributed by atoms with Crippen LogP contribution in [-0.4, -0.2) is 16.8 Å². The summed E-state index contributed by atoms with van der Waals surface area (Å²) in [7, 11) is 0. The molecule has 0 unspecified atom stereocenters. The fraction of sp³-hybridized carbons (Fsp3) is 0.318. The predicted molar refractivity (Wildman–Crippen MR) is 109 cm³/mol. The van der Waals surface area contributed by atoms with Gasteiger partial charge >= 0.3 is 0 Å².